The number of amides is 2. The van der Waals surface area contributed by atoms with Gasteiger partial charge in [0.2, 0.25) is 0 Å². The van der Waals surface area contributed by atoms with Gasteiger partial charge in [0.25, 0.3) is 11.8 Å². The second-order valence-electron chi connectivity index (χ2n) is 10.3. The number of carboxylic acid groups (broad SMARTS) is 1. The van der Waals surface area contributed by atoms with Crippen LogP contribution in [0, 0.1) is 6.92 Å². The summed E-state index contributed by atoms with van der Waals surface area (Å²) in [6, 6.07) is 19.5. The number of piperazine rings is 1. The number of carbonyl (C=O) groups is 3. The molecule has 4 N–H and O–H groups in total. The zero-order chi connectivity index (χ0) is 29.6. The van der Waals surface area contributed by atoms with E-state index >= 15 is 0 Å². The first kappa shape index (κ1) is 29.0. The summed E-state index contributed by atoms with van der Waals surface area (Å²) in [6.45, 7) is 10.2. The predicted molar refractivity (Wildman–Crippen MR) is 162 cm³/mol. The summed E-state index contributed by atoms with van der Waals surface area (Å²) in [6.07, 6.45) is 0. The molecule has 1 saturated heterocycles. The number of anilines is 2. The summed E-state index contributed by atoms with van der Waals surface area (Å²) in [5, 5.41) is 15.7. The Morgan fingerprint density at radius 1 is 0.952 bits per heavy atom. The topological polar surface area (TPSA) is 123 Å². The Hall–Kier alpha value is -4.51. The normalized spacial score (nSPS) is 16.5. The third-order valence-electron chi connectivity index (χ3n) is 7.65. The maximum absolute atomic E-state index is 13.2. The highest BCUT2D eigenvalue weighted by Crippen LogP contribution is 2.39. The molecule has 2 aliphatic heterocycles. The van der Waals surface area contributed by atoms with Gasteiger partial charge in [0, 0.05) is 49.5 Å². The number of aromatic carboxylic acids is 1. The highest BCUT2D eigenvalue weighted by Gasteiger charge is 2.30. The number of carbonyl (C=O) groups excluding carboxylic acids is 2. The molecule has 0 radical (unpaired) electrons. The fourth-order valence-electron chi connectivity index (χ4n) is 5.22. The summed E-state index contributed by atoms with van der Waals surface area (Å²) < 4.78 is 0. The molecular weight excluding hydrogens is 534 g/mol. The van der Waals surface area contributed by atoms with Gasteiger partial charge in [0.05, 0.1) is 29.1 Å². The van der Waals surface area contributed by atoms with E-state index in [2.05, 4.69) is 32.8 Å². The average Bonchev–Trinajstić information content (AvgIpc) is 3.32. The maximum atomic E-state index is 13.2. The molecule has 0 aliphatic carbocycles. The first-order chi connectivity index (χ1) is 20.3. The number of fused-ring (bicyclic) bond motifs is 1. The van der Waals surface area contributed by atoms with Gasteiger partial charge >= 0.3 is 5.97 Å². The van der Waals surface area contributed by atoms with Crippen LogP contribution in [0.5, 0.6) is 0 Å². The lowest BCUT2D eigenvalue weighted by Gasteiger charge is -2.33. The molecule has 0 atom stereocenters. The number of hydrogen-bond acceptors (Lipinski definition) is 7. The van der Waals surface area contributed by atoms with Gasteiger partial charge in [-0.15, -0.1) is 0 Å². The molecule has 2 heterocycles. The predicted octanol–water partition coefficient (Wildman–Crippen LogP) is 3.92. The van der Waals surface area contributed by atoms with E-state index in [1.807, 2.05) is 30.3 Å². The molecule has 5 rings (SSSR count). The van der Waals surface area contributed by atoms with E-state index in [1.165, 1.54) is 6.07 Å². The van der Waals surface area contributed by atoms with Crippen molar-refractivity contribution in [2.24, 2.45) is 0 Å². The van der Waals surface area contributed by atoms with Crippen LogP contribution in [0.25, 0.3) is 11.3 Å². The monoisotopic (exact) mass is 569 g/mol. The van der Waals surface area contributed by atoms with Crippen molar-refractivity contribution in [2.75, 3.05) is 56.5 Å². The Bertz CT molecular complexity index is 1500. The Labute approximate surface area is 244 Å². The number of carboxylic acids is 1. The van der Waals surface area contributed by atoms with Crippen molar-refractivity contribution in [3.8, 4) is 0 Å². The Morgan fingerprint density at radius 3 is 2.31 bits per heavy atom. The van der Waals surface area contributed by atoms with Crippen LogP contribution >= 0.6 is 0 Å². The van der Waals surface area contributed by atoms with Gasteiger partial charge in [0.1, 0.15) is 0 Å². The van der Waals surface area contributed by atoms with E-state index < -0.39 is 5.97 Å². The molecule has 0 bridgehead atoms. The molecule has 2 amide bonds. The number of benzene rings is 3. The van der Waals surface area contributed by atoms with Crippen molar-refractivity contribution in [1.29, 1.82) is 0 Å². The van der Waals surface area contributed by atoms with Crippen molar-refractivity contribution >= 4 is 40.4 Å². The number of likely N-dealkylation sites (N-methyl/N-ethyl adjacent to an activating group) is 1. The van der Waals surface area contributed by atoms with Gasteiger partial charge < -0.3 is 20.6 Å². The minimum absolute atomic E-state index is 0.136. The Kier molecular flexibility index (Phi) is 8.97. The highest BCUT2D eigenvalue weighted by atomic mass is 16.7. The molecule has 0 spiro atoms. The van der Waals surface area contributed by atoms with E-state index in [0.717, 1.165) is 44.8 Å². The van der Waals surface area contributed by atoms with Crippen LogP contribution in [0.3, 0.4) is 0 Å². The fourth-order valence-corrected chi connectivity index (χ4v) is 5.22. The summed E-state index contributed by atoms with van der Waals surface area (Å²) >= 11 is 0. The van der Waals surface area contributed by atoms with Crippen LogP contribution in [0.4, 0.5) is 11.4 Å². The molecule has 3 aromatic rings. The number of nitrogens with one attached hydrogen (secondary N) is 3. The van der Waals surface area contributed by atoms with Gasteiger partial charge in [-0.3, -0.25) is 19.3 Å². The lowest BCUT2D eigenvalue weighted by Crippen LogP contribution is -2.47. The standard InChI is InChI=1S/C32H35N5O5/c1-3-36-13-15-37(16-14-36)17-18-42-35-30(38)23-9-11-24(12-10-23)33-29(22-7-5-4-6-8-22)28-26-19-21(2)25(32(40)41)20-27(26)34-31(28)39/h4-12,19-20,33H,3,13-18H2,1-2H3,(H,34,39)(H,35,38)(H,40,41). The zero-order valence-electron chi connectivity index (χ0n) is 23.8. The molecular formula is C32H35N5O5. The average molecular weight is 570 g/mol. The van der Waals surface area contributed by atoms with E-state index in [0.29, 0.717) is 45.9 Å². The second-order valence-corrected chi connectivity index (χ2v) is 10.3. The summed E-state index contributed by atoms with van der Waals surface area (Å²) in [7, 11) is 0. The molecule has 0 aromatic heterocycles. The third-order valence-corrected chi connectivity index (χ3v) is 7.65. The van der Waals surface area contributed by atoms with E-state index in [1.54, 1.807) is 37.3 Å². The molecule has 2 aliphatic rings. The first-order valence-corrected chi connectivity index (χ1v) is 14.1. The van der Waals surface area contributed by atoms with Gasteiger partial charge in [-0.25, -0.2) is 10.3 Å². The van der Waals surface area contributed by atoms with Crippen molar-refractivity contribution in [1.82, 2.24) is 15.3 Å². The molecule has 3 aromatic carbocycles. The third kappa shape index (κ3) is 6.52. The number of aryl methyl sites for hydroxylation is 1. The number of hydrogen-bond donors (Lipinski definition) is 4. The summed E-state index contributed by atoms with van der Waals surface area (Å²) in [5.41, 5.74) is 7.14. The van der Waals surface area contributed by atoms with Crippen LogP contribution in [-0.2, 0) is 9.63 Å². The molecule has 1 fully saturated rings. The van der Waals surface area contributed by atoms with E-state index in [9.17, 15) is 19.5 Å². The number of hydroxylamine groups is 1. The van der Waals surface area contributed by atoms with Gasteiger partial charge in [-0.2, -0.15) is 0 Å². The minimum Gasteiger partial charge on any atom is -0.478 e. The van der Waals surface area contributed by atoms with Crippen LogP contribution < -0.4 is 16.1 Å². The Balaban J connectivity index is 1.29. The lowest BCUT2D eigenvalue weighted by molar-refractivity contribution is -0.110. The minimum atomic E-state index is -1.05. The maximum Gasteiger partial charge on any atom is 0.336 e. The summed E-state index contributed by atoms with van der Waals surface area (Å²) in [5.74, 6) is -1.73. The van der Waals surface area contributed by atoms with Gasteiger partial charge in [0.15, 0.2) is 0 Å². The lowest BCUT2D eigenvalue weighted by atomic mass is 9.96. The smallest absolute Gasteiger partial charge is 0.336 e. The van der Waals surface area contributed by atoms with Crippen LogP contribution in [0.2, 0.25) is 0 Å². The molecule has 10 nitrogen and oxygen atoms in total. The van der Waals surface area contributed by atoms with Crippen LogP contribution in [0.15, 0.2) is 66.7 Å². The fraction of sp³-hybridized carbons (Fsp3) is 0.281. The van der Waals surface area contributed by atoms with Gasteiger partial charge in [-0.05, 0) is 61.0 Å². The molecule has 0 saturated carbocycles. The summed E-state index contributed by atoms with van der Waals surface area (Å²) in [4.78, 5) is 47.7. The zero-order valence-corrected chi connectivity index (χ0v) is 23.8. The highest BCUT2D eigenvalue weighted by molar-refractivity contribution is 6.37. The van der Waals surface area contributed by atoms with Crippen molar-refractivity contribution in [3.63, 3.8) is 0 Å². The molecule has 218 valence electrons. The van der Waals surface area contributed by atoms with E-state index in [4.69, 9.17) is 4.84 Å². The largest absolute Gasteiger partial charge is 0.478 e. The van der Waals surface area contributed by atoms with Gasteiger partial charge in [-0.1, -0.05) is 37.3 Å². The number of nitrogens with zero attached hydrogens (tertiary/aromatic N) is 2. The molecule has 0 unspecified atom stereocenters. The second kappa shape index (κ2) is 13.0. The van der Waals surface area contributed by atoms with Crippen molar-refractivity contribution in [2.45, 2.75) is 13.8 Å². The van der Waals surface area contributed by atoms with E-state index in [-0.39, 0.29) is 17.4 Å². The molecule has 10 heteroatoms. The van der Waals surface area contributed by atoms with Crippen LogP contribution in [0.1, 0.15) is 44.3 Å². The van der Waals surface area contributed by atoms with Crippen molar-refractivity contribution < 1.29 is 24.3 Å². The first-order valence-electron chi connectivity index (χ1n) is 14.1. The quantitative estimate of drug-likeness (QED) is 0.165. The molecule has 42 heavy (non-hydrogen) atoms. The number of rotatable bonds is 10. The Morgan fingerprint density at radius 2 is 1.64 bits per heavy atom. The SMILES string of the molecule is CCN1CCN(CCONC(=O)c2ccc(NC(=C3C(=O)Nc4cc(C(=O)O)c(C)cc43)c3ccccc3)cc2)CC1. The van der Waals surface area contributed by atoms with Crippen molar-refractivity contribution in [3.05, 3.63) is 94.5 Å². The van der Waals surface area contributed by atoms with Crippen LogP contribution in [-0.4, -0.2) is 78.6 Å².